The van der Waals surface area contributed by atoms with E-state index in [0.717, 1.165) is 58.4 Å². The van der Waals surface area contributed by atoms with Crippen LogP contribution in [0.3, 0.4) is 0 Å². The minimum absolute atomic E-state index is 0.0153. The lowest BCUT2D eigenvalue weighted by Crippen LogP contribution is -2.37. The number of carbonyl (C=O) groups excluding carboxylic acids is 3. The Hall–Kier alpha value is -1.55. The van der Waals surface area contributed by atoms with Gasteiger partial charge in [0.1, 0.15) is 6.79 Å². The first-order valence-corrected chi connectivity index (χ1v) is 29.5. The second kappa shape index (κ2) is 64.5. The number of rotatable bonds is 54. The van der Waals surface area contributed by atoms with Crippen LogP contribution in [0.2, 0.25) is 0 Å². The van der Waals surface area contributed by atoms with E-state index in [-0.39, 0.29) is 5.97 Å². The topological polar surface area (TPSA) is 94.2 Å². The van der Waals surface area contributed by atoms with Gasteiger partial charge in [-0.1, -0.05) is 208 Å². The number of hydrogen-bond acceptors (Lipinski definition) is 8. The predicted molar refractivity (Wildman–Crippen MR) is 295 cm³/mol. The summed E-state index contributed by atoms with van der Waals surface area (Å²) in [7, 11) is 0. The maximum atomic E-state index is 11.7. The van der Waals surface area contributed by atoms with Gasteiger partial charge in [0.15, 0.2) is 0 Å². The molecule has 0 aromatic carbocycles. The number of esters is 1. The molecule has 67 heavy (non-hydrogen) atoms. The van der Waals surface area contributed by atoms with Crippen molar-refractivity contribution in [2.75, 3.05) is 85.1 Å². The summed E-state index contributed by atoms with van der Waals surface area (Å²) in [5, 5.41) is 6.19. The molecule has 2 N–H and O–H groups in total. The number of nitrogens with one attached hydrogen (secondary N) is 2. The second-order valence-electron chi connectivity index (χ2n) is 19.6. The molecule has 0 fully saturated rings. The fourth-order valence-electron chi connectivity index (χ4n) is 8.76. The van der Waals surface area contributed by atoms with E-state index in [2.05, 4.69) is 66.9 Å². The summed E-state index contributed by atoms with van der Waals surface area (Å²) in [6.45, 7) is 29.8. The predicted octanol–water partition coefficient (Wildman–Crippen LogP) is 14.7. The van der Waals surface area contributed by atoms with E-state index in [9.17, 15) is 9.59 Å². The Balaban J connectivity index is -0.00000134. The van der Waals surface area contributed by atoms with Crippen LogP contribution in [0.4, 0.5) is 0 Å². The summed E-state index contributed by atoms with van der Waals surface area (Å²) >= 11 is 0. The van der Waals surface area contributed by atoms with Gasteiger partial charge in [0.05, 0.1) is 6.61 Å². The van der Waals surface area contributed by atoms with Crippen molar-refractivity contribution >= 4 is 19.2 Å². The molecule has 0 aliphatic rings. The van der Waals surface area contributed by atoms with Gasteiger partial charge in [0, 0.05) is 32.6 Å². The molecule has 9 nitrogen and oxygen atoms in total. The van der Waals surface area contributed by atoms with E-state index in [1.165, 1.54) is 251 Å². The first-order chi connectivity index (χ1) is 33.0. The van der Waals surface area contributed by atoms with Crippen LogP contribution in [0.25, 0.3) is 0 Å². The zero-order chi connectivity index (χ0) is 49.8. The molecule has 0 aromatic heterocycles. The summed E-state index contributed by atoms with van der Waals surface area (Å²) in [6, 6.07) is 0. The summed E-state index contributed by atoms with van der Waals surface area (Å²) < 4.78 is 5.27. The van der Waals surface area contributed by atoms with Crippen molar-refractivity contribution in [3.8, 4) is 0 Å². The Labute approximate surface area is 420 Å². The van der Waals surface area contributed by atoms with Crippen LogP contribution in [0.1, 0.15) is 273 Å². The molecule has 0 aliphatic carbocycles. The minimum atomic E-state index is -0.0153. The van der Waals surface area contributed by atoms with Gasteiger partial charge < -0.3 is 34.9 Å². The zero-order valence-electron chi connectivity index (χ0n) is 46.4. The van der Waals surface area contributed by atoms with Gasteiger partial charge in [0.25, 0.3) is 0 Å². The van der Waals surface area contributed by atoms with Gasteiger partial charge in [-0.15, -0.1) is 0 Å². The molecule has 0 unspecified atom stereocenters. The number of hydrogen-bond donors (Lipinski definition) is 2. The van der Waals surface area contributed by atoms with Gasteiger partial charge in [-0.25, -0.2) is 0 Å². The van der Waals surface area contributed by atoms with Crippen LogP contribution in [0.15, 0.2) is 0 Å². The molecule has 0 saturated carbocycles. The van der Waals surface area contributed by atoms with Crippen molar-refractivity contribution < 1.29 is 19.1 Å². The van der Waals surface area contributed by atoms with E-state index in [1.807, 2.05) is 6.79 Å². The molecule has 9 heteroatoms. The van der Waals surface area contributed by atoms with E-state index in [0.29, 0.717) is 13.0 Å². The highest BCUT2D eigenvalue weighted by atomic mass is 16.5. The van der Waals surface area contributed by atoms with Crippen molar-refractivity contribution in [2.45, 2.75) is 273 Å². The molecule has 1 amide bonds. The molecule has 0 heterocycles. The average Bonchev–Trinajstić information content (AvgIpc) is 3.34. The summed E-state index contributed by atoms with van der Waals surface area (Å²) in [5.74, 6) is -0.0153. The van der Waals surface area contributed by atoms with Gasteiger partial charge in [-0.05, 0) is 110 Å². The quantitative estimate of drug-likeness (QED) is 0.0354. The second-order valence-corrected chi connectivity index (χ2v) is 19.6. The lowest BCUT2D eigenvalue weighted by molar-refractivity contribution is -0.144. The van der Waals surface area contributed by atoms with Crippen LogP contribution in [-0.4, -0.2) is 119 Å². The molecule has 402 valence electrons. The molecule has 0 saturated heterocycles. The fraction of sp³-hybridized carbons (Fsp3) is 0.948. The van der Waals surface area contributed by atoms with E-state index in [1.54, 1.807) is 0 Å². The van der Waals surface area contributed by atoms with Gasteiger partial charge >= 0.3 is 5.97 Å². The first kappa shape index (κ1) is 69.7. The van der Waals surface area contributed by atoms with Crippen molar-refractivity contribution in [1.29, 1.82) is 0 Å². The highest BCUT2D eigenvalue weighted by molar-refractivity contribution is 5.69. The smallest absolute Gasteiger partial charge is 0.305 e. The van der Waals surface area contributed by atoms with Gasteiger partial charge in [-0.3, -0.25) is 9.59 Å². The Morgan fingerprint density at radius 3 is 1.07 bits per heavy atom. The largest absolute Gasteiger partial charge is 0.466 e. The van der Waals surface area contributed by atoms with Crippen LogP contribution >= 0.6 is 0 Å². The standard InChI is InChI=1S/C36H76N4O.C21H43NO2.CH2O/c1-4-7-10-13-16-19-23-30-39(31-24-20-17-14-11-8-5-2)34-35-40(32-25-21-18-15-12-9-6-3)33-26-22-27-37-28-29-38-36-41;1-4-7-9-10-11-12-13-18-22(17-6-3)19-15-16-21(23)24-20-14-8-5-2;1-2/h36-37H,4-35H2,1-3H3,(H,38,41);4-20H2,1-3H3;1H2. The van der Waals surface area contributed by atoms with Crippen LogP contribution in [0, 0.1) is 0 Å². The van der Waals surface area contributed by atoms with Crippen LogP contribution in [-0.2, 0) is 19.1 Å². The maximum Gasteiger partial charge on any atom is 0.305 e. The van der Waals surface area contributed by atoms with Crippen LogP contribution in [0.5, 0.6) is 0 Å². The summed E-state index contributed by atoms with van der Waals surface area (Å²) in [5.41, 5.74) is 0. The average molecular weight is 953 g/mol. The number of nitrogens with zero attached hydrogens (tertiary/aromatic N) is 3. The number of carbonyl (C=O) groups is 3. The fourth-order valence-corrected chi connectivity index (χ4v) is 8.76. The van der Waals surface area contributed by atoms with Crippen LogP contribution < -0.4 is 10.6 Å². The molecule has 0 radical (unpaired) electrons. The number of ether oxygens (including phenoxy) is 1. The maximum absolute atomic E-state index is 11.7. The molecule has 0 bridgehead atoms. The Morgan fingerprint density at radius 1 is 0.373 bits per heavy atom. The van der Waals surface area contributed by atoms with Crippen molar-refractivity contribution in [3.63, 3.8) is 0 Å². The third-order valence-electron chi connectivity index (χ3n) is 13.1. The molecule has 0 rings (SSSR count). The van der Waals surface area contributed by atoms with E-state index in [4.69, 9.17) is 9.53 Å². The van der Waals surface area contributed by atoms with Crippen molar-refractivity contribution in [1.82, 2.24) is 25.3 Å². The van der Waals surface area contributed by atoms with E-state index >= 15 is 0 Å². The first-order valence-electron chi connectivity index (χ1n) is 29.5. The molecular weight excluding hydrogens is 831 g/mol. The Bertz CT molecular complexity index is 896. The van der Waals surface area contributed by atoms with Gasteiger partial charge in [0.2, 0.25) is 6.41 Å². The minimum Gasteiger partial charge on any atom is -0.466 e. The Morgan fingerprint density at radius 2 is 0.701 bits per heavy atom. The van der Waals surface area contributed by atoms with Crippen molar-refractivity contribution in [3.05, 3.63) is 0 Å². The third-order valence-corrected chi connectivity index (χ3v) is 13.1. The van der Waals surface area contributed by atoms with Gasteiger partial charge in [-0.2, -0.15) is 0 Å². The summed E-state index contributed by atoms with van der Waals surface area (Å²) in [6.07, 6.45) is 48.2. The lowest BCUT2D eigenvalue weighted by Gasteiger charge is -2.28. The zero-order valence-corrected chi connectivity index (χ0v) is 46.4. The van der Waals surface area contributed by atoms with E-state index < -0.39 is 0 Å². The highest BCUT2D eigenvalue weighted by Crippen LogP contribution is 2.13. The normalized spacial score (nSPS) is 11.2. The summed E-state index contributed by atoms with van der Waals surface area (Å²) in [4.78, 5) is 38.2. The van der Waals surface area contributed by atoms with Crippen molar-refractivity contribution in [2.24, 2.45) is 0 Å². The SMILES string of the molecule is C=O.CCCCCCCCCN(CCC)CCCC(=O)OCCCCC.CCCCCCCCCN(CCCCCCCCC)CCN(CCCCCCCCC)CCCCNCCNC=O. The molecule has 0 aromatic rings. The number of unbranched alkanes of at least 4 members (excludes halogenated alkanes) is 27. The molecule has 0 aliphatic heterocycles. The molecule has 0 spiro atoms. The Kier molecular flexibility index (Phi) is 67.1. The number of amides is 1. The third kappa shape index (κ3) is 60.5. The molecular formula is C58H121N5O4. The molecule has 0 atom stereocenters. The highest BCUT2D eigenvalue weighted by Gasteiger charge is 2.11. The monoisotopic (exact) mass is 952 g/mol. The lowest BCUT2D eigenvalue weighted by atomic mass is 10.1.